The zero-order valence-electron chi connectivity index (χ0n) is 12.3. The van der Waals surface area contributed by atoms with Crippen LogP contribution in [0.25, 0.3) is 10.8 Å². The summed E-state index contributed by atoms with van der Waals surface area (Å²) in [6.45, 7) is 7.85. The SMILES string of the molecule is CCC(C)C1CN(c2cccc3cnccc23)CCN1. The molecule has 2 aromatic rings. The maximum atomic E-state index is 4.22. The number of nitrogens with one attached hydrogen (secondary N) is 1. The number of piperazine rings is 1. The lowest BCUT2D eigenvalue weighted by molar-refractivity contribution is 0.342. The molecule has 1 aliphatic rings. The van der Waals surface area contributed by atoms with Crippen molar-refractivity contribution in [3.8, 4) is 0 Å². The van der Waals surface area contributed by atoms with Crippen molar-refractivity contribution in [2.75, 3.05) is 24.5 Å². The van der Waals surface area contributed by atoms with Gasteiger partial charge in [0.05, 0.1) is 0 Å². The minimum absolute atomic E-state index is 0.589. The largest absolute Gasteiger partial charge is 0.368 e. The first-order valence-electron chi connectivity index (χ1n) is 7.60. The molecule has 3 rings (SSSR count). The summed E-state index contributed by atoms with van der Waals surface area (Å²) in [4.78, 5) is 6.75. The summed E-state index contributed by atoms with van der Waals surface area (Å²) < 4.78 is 0. The Morgan fingerprint density at radius 1 is 1.40 bits per heavy atom. The molecular weight excluding hydrogens is 246 g/mol. The molecule has 3 heteroatoms. The fourth-order valence-corrected chi connectivity index (χ4v) is 3.04. The summed E-state index contributed by atoms with van der Waals surface area (Å²) in [5.41, 5.74) is 1.35. The highest BCUT2D eigenvalue weighted by Crippen LogP contribution is 2.27. The van der Waals surface area contributed by atoms with Gasteiger partial charge >= 0.3 is 0 Å². The lowest BCUT2D eigenvalue weighted by Gasteiger charge is -2.38. The van der Waals surface area contributed by atoms with E-state index in [0.29, 0.717) is 6.04 Å². The maximum absolute atomic E-state index is 4.22. The number of nitrogens with zero attached hydrogens (tertiary/aromatic N) is 2. The van der Waals surface area contributed by atoms with Crippen LogP contribution in [0.1, 0.15) is 20.3 Å². The van der Waals surface area contributed by atoms with E-state index in [1.54, 1.807) is 0 Å². The van der Waals surface area contributed by atoms with Crippen LogP contribution in [0.5, 0.6) is 0 Å². The summed E-state index contributed by atoms with van der Waals surface area (Å²) in [5.74, 6) is 0.717. The van der Waals surface area contributed by atoms with Crippen LogP contribution in [-0.2, 0) is 0 Å². The first kappa shape index (κ1) is 13.4. The zero-order chi connectivity index (χ0) is 13.9. The summed E-state index contributed by atoms with van der Waals surface area (Å²) in [7, 11) is 0. The first-order chi connectivity index (χ1) is 9.79. The lowest BCUT2D eigenvalue weighted by Crippen LogP contribution is -2.53. The van der Waals surface area contributed by atoms with E-state index in [4.69, 9.17) is 0 Å². The molecule has 106 valence electrons. The number of aromatic nitrogens is 1. The molecule has 1 N–H and O–H groups in total. The maximum Gasteiger partial charge on any atom is 0.0448 e. The number of benzene rings is 1. The van der Waals surface area contributed by atoms with Crippen molar-refractivity contribution in [2.24, 2.45) is 5.92 Å². The molecule has 3 nitrogen and oxygen atoms in total. The van der Waals surface area contributed by atoms with E-state index >= 15 is 0 Å². The van der Waals surface area contributed by atoms with Crippen molar-refractivity contribution in [3.05, 3.63) is 36.7 Å². The quantitative estimate of drug-likeness (QED) is 0.928. The van der Waals surface area contributed by atoms with Gasteiger partial charge in [0.25, 0.3) is 0 Å². The Labute approximate surface area is 121 Å². The Bertz CT molecular complexity index is 576. The highest BCUT2D eigenvalue weighted by Gasteiger charge is 2.24. The molecule has 0 bridgehead atoms. The molecule has 1 aromatic heterocycles. The van der Waals surface area contributed by atoms with Gasteiger partial charge in [0.1, 0.15) is 0 Å². The smallest absolute Gasteiger partial charge is 0.0448 e. The number of fused-ring (bicyclic) bond motifs is 1. The van der Waals surface area contributed by atoms with Crippen molar-refractivity contribution in [3.63, 3.8) is 0 Å². The third-order valence-electron chi connectivity index (χ3n) is 4.53. The average molecular weight is 269 g/mol. The lowest BCUT2D eigenvalue weighted by atomic mass is 9.96. The molecule has 1 aromatic carbocycles. The predicted molar refractivity (Wildman–Crippen MR) is 85.2 cm³/mol. The van der Waals surface area contributed by atoms with Gasteiger partial charge in [-0.05, 0) is 18.1 Å². The molecule has 0 saturated carbocycles. The second kappa shape index (κ2) is 5.80. The molecule has 2 unspecified atom stereocenters. The molecule has 2 atom stereocenters. The predicted octanol–water partition coefficient (Wildman–Crippen LogP) is 3.06. The molecule has 2 heterocycles. The van der Waals surface area contributed by atoms with Gasteiger partial charge < -0.3 is 10.2 Å². The van der Waals surface area contributed by atoms with Crippen molar-refractivity contribution in [1.82, 2.24) is 10.3 Å². The van der Waals surface area contributed by atoms with E-state index < -0.39 is 0 Å². The van der Waals surface area contributed by atoms with E-state index in [0.717, 1.165) is 25.6 Å². The Morgan fingerprint density at radius 3 is 3.15 bits per heavy atom. The molecule has 0 radical (unpaired) electrons. The van der Waals surface area contributed by atoms with Gasteiger partial charge in [0, 0.05) is 54.5 Å². The third-order valence-corrected chi connectivity index (χ3v) is 4.53. The van der Waals surface area contributed by atoms with E-state index in [9.17, 15) is 0 Å². The van der Waals surface area contributed by atoms with Crippen LogP contribution >= 0.6 is 0 Å². The van der Waals surface area contributed by atoms with Crippen molar-refractivity contribution in [2.45, 2.75) is 26.3 Å². The summed E-state index contributed by atoms with van der Waals surface area (Å²) >= 11 is 0. The van der Waals surface area contributed by atoms with Crippen LogP contribution in [0.4, 0.5) is 5.69 Å². The summed E-state index contributed by atoms with van der Waals surface area (Å²) in [5, 5.41) is 6.20. The Hall–Kier alpha value is -1.61. The molecular formula is C17H23N3. The van der Waals surface area contributed by atoms with Crippen LogP contribution in [0, 0.1) is 5.92 Å². The molecule has 1 aliphatic heterocycles. The van der Waals surface area contributed by atoms with Crippen LogP contribution in [0.2, 0.25) is 0 Å². The molecule has 0 amide bonds. The Kier molecular flexibility index (Phi) is 3.88. The van der Waals surface area contributed by atoms with Crippen LogP contribution in [0.3, 0.4) is 0 Å². The van der Waals surface area contributed by atoms with Crippen molar-refractivity contribution in [1.29, 1.82) is 0 Å². The van der Waals surface area contributed by atoms with E-state index in [1.807, 2.05) is 12.4 Å². The van der Waals surface area contributed by atoms with Crippen LogP contribution < -0.4 is 10.2 Å². The first-order valence-corrected chi connectivity index (χ1v) is 7.60. The van der Waals surface area contributed by atoms with Crippen molar-refractivity contribution >= 4 is 16.5 Å². The van der Waals surface area contributed by atoms with Gasteiger partial charge in [0.15, 0.2) is 0 Å². The van der Waals surface area contributed by atoms with Gasteiger partial charge in [-0.25, -0.2) is 0 Å². The third kappa shape index (κ3) is 2.50. The average Bonchev–Trinajstić information content (AvgIpc) is 2.53. The minimum Gasteiger partial charge on any atom is -0.368 e. The second-order valence-corrected chi connectivity index (χ2v) is 5.77. The number of anilines is 1. The van der Waals surface area contributed by atoms with E-state index in [2.05, 4.69) is 53.3 Å². The van der Waals surface area contributed by atoms with Gasteiger partial charge in [-0.2, -0.15) is 0 Å². The standard InChI is InChI=1S/C17H23N3/c1-3-13(2)16-12-20(10-9-19-16)17-6-4-5-14-11-18-8-7-15(14)17/h4-8,11,13,16,19H,3,9-10,12H2,1-2H3. The topological polar surface area (TPSA) is 28.2 Å². The second-order valence-electron chi connectivity index (χ2n) is 5.77. The minimum atomic E-state index is 0.589. The van der Waals surface area contributed by atoms with E-state index in [-0.39, 0.29) is 0 Å². The Balaban J connectivity index is 1.91. The molecule has 0 spiro atoms. The van der Waals surface area contributed by atoms with Gasteiger partial charge in [-0.3, -0.25) is 4.98 Å². The highest BCUT2D eigenvalue weighted by molar-refractivity contribution is 5.93. The summed E-state index contributed by atoms with van der Waals surface area (Å²) in [6, 6.07) is 9.23. The van der Waals surface area contributed by atoms with Crippen LogP contribution in [0.15, 0.2) is 36.7 Å². The number of hydrogen-bond donors (Lipinski definition) is 1. The number of rotatable bonds is 3. The van der Waals surface area contributed by atoms with Gasteiger partial charge in [-0.1, -0.05) is 32.4 Å². The monoisotopic (exact) mass is 269 g/mol. The zero-order valence-corrected chi connectivity index (χ0v) is 12.3. The molecule has 1 fully saturated rings. The summed E-state index contributed by atoms with van der Waals surface area (Å²) in [6.07, 6.45) is 5.07. The van der Waals surface area contributed by atoms with Crippen LogP contribution in [-0.4, -0.2) is 30.7 Å². The number of pyridine rings is 1. The molecule has 20 heavy (non-hydrogen) atoms. The Morgan fingerprint density at radius 2 is 2.30 bits per heavy atom. The van der Waals surface area contributed by atoms with Crippen molar-refractivity contribution < 1.29 is 0 Å². The van der Waals surface area contributed by atoms with E-state index in [1.165, 1.54) is 22.9 Å². The highest BCUT2D eigenvalue weighted by atomic mass is 15.2. The van der Waals surface area contributed by atoms with Gasteiger partial charge in [0.2, 0.25) is 0 Å². The fraction of sp³-hybridized carbons (Fsp3) is 0.471. The van der Waals surface area contributed by atoms with Gasteiger partial charge in [-0.15, -0.1) is 0 Å². The fourth-order valence-electron chi connectivity index (χ4n) is 3.04. The molecule has 1 saturated heterocycles. The normalized spacial score (nSPS) is 21.1. The molecule has 0 aliphatic carbocycles. The number of hydrogen-bond acceptors (Lipinski definition) is 3.